The molecule has 1 aromatic carbocycles. The fourth-order valence-electron chi connectivity index (χ4n) is 1.12. The Balaban J connectivity index is 2.67. The van der Waals surface area contributed by atoms with Gasteiger partial charge in [0.15, 0.2) is 0 Å². The van der Waals surface area contributed by atoms with Crippen molar-refractivity contribution < 1.29 is 13.6 Å². The second-order valence-corrected chi connectivity index (χ2v) is 4.11. The van der Waals surface area contributed by atoms with Crippen LogP contribution in [-0.4, -0.2) is 17.4 Å². The Labute approximate surface area is 103 Å². The van der Waals surface area contributed by atoms with Gasteiger partial charge in [-0.1, -0.05) is 19.1 Å². The molecule has 0 fully saturated rings. The number of halogens is 2. The molecule has 0 spiro atoms. The van der Waals surface area contributed by atoms with Gasteiger partial charge in [0.1, 0.15) is 11.6 Å². The van der Waals surface area contributed by atoms with E-state index in [0.717, 1.165) is 12.1 Å². The van der Waals surface area contributed by atoms with Gasteiger partial charge in [-0.25, -0.2) is 8.78 Å². The normalized spacial score (nSPS) is 11.9. The van der Waals surface area contributed by atoms with E-state index < -0.39 is 17.5 Å². The Hall–Kier alpha value is -1.56. The van der Waals surface area contributed by atoms with Gasteiger partial charge in [-0.15, -0.1) is 0 Å². The predicted octanol–water partition coefficient (Wildman–Crippen LogP) is 1.62. The van der Waals surface area contributed by atoms with E-state index in [2.05, 4.69) is 5.32 Å². The quantitative estimate of drug-likeness (QED) is 0.807. The van der Waals surface area contributed by atoms with Gasteiger partial charge in [0.05, 0.1) is 10.6 Å². The first-order chi connectivity index (χ1) is 7.91. The zero-order valence-electron chi connectivity index (χ0n) is 9.17. The van der Waals surface area contributed by atoms with Crippen LogP contribution in [0.2, 0.25) is 0 Å². The van der Waals surface area contributed by atoms with Crippen LogP contribution in [0.25, 0.3) is 0 Å². The summed E-state index contributed by atoms with van der Waals surface area (Å²) in [6.45, 7) is 1.95. The highest BCUT2D eigenvalue weighted by molar-refractivity contribution is 7.80. The lowest BCUT2D eigenvalue weighted by Gasteiger charge is -2.11. The van der Waals surface area contributed by atoms with E-state index in [0.29, 0.717) is 6.07 Å². The summed E-state index contributed by atoms with van der Waals surface area (Å²) in [5.74, 6) is -2.43. The summed E-state index contributed by atoms with van der Waals surface area (Å²) in [6.07, 6.45) is 0. The average Bonchev–Trinajstić information content (AvgIpc) is 2.25. The van der Waals surface area contributed by atoms with E-state index in [-0.39, 0.29) is 23.0 Å². The van der Waals surface area contributed by atoms with E-state index in [1.807, 2.05) is 0 Å². The van der Waals surface area contributed by atoms with Gasteiger partial charge in [-0.05, 0) is 12.1 Å². The third-order valence-electron chi connectivity index (χ3n) is 2.23. The lowest BCUT2D eigenvalue weighted by atomic mass is 10.1. The van der Waals surface area contributed by atoms with Gasteiger partial charge in [0.25, 0.3) is 5.91 Å². The first kappa shape index (κ1) is 13.5. The first-order valence-electron chi connectivity index (χ1n) is 4.94. The Bertz CT molecular complexity index is 451. The molecule has 0 aliphatic carbocycles. The molecule has 0 heterocycles. The molecule has 0 saturated carbocycles. The van der Waals surface area contributed by atoms with Crippen LogP contribution in [0.4, 0.5) is 8.78 Å². The monoisotopic (exact) mass is 258 g/mol. The van der Waals surface area contributed by atoms with Crippen LogP contribution in [0, 0.1) is 17.6 Å². The Kier molecular flexibility index (Phi) is 4.51. The molecule has 17 heavy (non-hydrogen) atoms. The third kappa shape index (κ3) is 3.74. The predicted molar refractivity (Wildman–Crippen MR) is 64.6 cm³/mol. The van der Waals surface area contributed by atoms with Crippen molar-refractivity contribution in [1.82, 2.24) is 5.32 Å². The van der Waals surface area contributed by atoms with Crippen LogP contribution >= 0.6 is 12.2 Å². The molecule has 0 aromatic heterocycles. The molecule has 3 nitrogen and oxygen atoms in total. The smallest absolute Gasteiger partial charge is 0.254 e. The van der Waals surface area contributed by atoms with Crippen molar-refractivity contribution in [2.75, 3.05) is 6.54 Å². The van der Waals surface area contributed by atoms with Crippen molar-refractivity contribution in [2.24, 2.45) is 11.7 Å². The number of carbonyl (C=O) groups is 1. The fraction of sp³-hybridized carbons (Fsp3) is 0.273. The standard InChI is InChI=1S/C11H12F2N2OS/c1-6(10(14)17)5-15-11(16)8-3-2-7(12)4-9(8)13/h2-4,6H,5H2,1H3,(H2,14,17)(H,15,16). The average molecular weight is 258 g/mol. The molecule has 1 atom stereocenters. The van der Waals surface area contributed by atoms with E-state index in [4.69, 9.17) is 18.0 Å². The second kappa shape index (κ2) is 5.67. The minimum Gasteiger partial charge on any atom is -0.393 e. The number of nitrogens with one attached hydrogen (secondary N) is 1. The lowest BCUT2D eigenvalue weighted by Crippen LogP contribution is -2.34. The summed E-state index contributed by atoms with van der Waals surface area (Å²) in [6, 6.07) is 2.77. The van der Waals surface area contributed by atoms with E-state index >= 15 is 0 Å². The number of carbonyl (C=O) groups excluding carboxylic acids is 1. The van der Waals surface area contributed by atoms with Crippen molar-refractivity contribution in [1.29, 1.82) is 0 Å². The number of rotatable bonds is 4. The molecule has 0 saturated heterocycles. The second-order valence-electron chi connectivity index (χ2n) is 3.64. The van der Waals surface area contributed by atoms with E-state index in [9.17, 15) is 13.6 Å². The van der Waals surface area contributed by atoms with E-state index in [1.54, 1.807) is 6.92 Å². The van der Waals surface area contributed by atoms with Gasteiger partial charge >= 0.3 is 0 Å². The van der Waals surface area contributed by atoms with Gasteiger partial charge in [0, 0.05) is 18.5 Å². The molecule has 0 bridgehead atoms. The van der Waals surface area contributed by atoms with Crippen molar-refractivity contribution in [3.8, 4) is 0 Å². The third-order valence-corrected chi connectivity index (χ3v) is 2.63. The molecule has 1 amide bonds. The Morgan fingerprint density at radius 3 is 2.71 bits per heavy atom. The highest BCUT2D eigenvalue weighted by Gasteiger charge is 2.13. The van der Waals surface area contributed by atoms with Gasteiger partial charge in [-0.2, -0.15) is 0 Å². The summed E-state index contributed by atoms with van der Waals surface area (Å²) in [4.78, 5) is 11.8. The molecule has 92 valence electrons. The summed E-state index contributed by atoms with van der Waals surface area (Å²) in [7, 11) is 0. The number of thiocarbonyl (C=S) groups is 1. The zero-order valence-corrected chi connectivity index (χ0v) is 9.98. The van der Waals surface area contributed by atoms with Gasteiger partial charge < -0.3 is 11.1 Å². The van der Waals surface area contributed by atoms with Crippen LogP contribution in [0.3, 0.4) is 0 Å². The molecule has 3 N–H and O–H groups in total. The maximum atomic E-state index is 13.2. The van der Waals surface area contributed by atoms with Gasteiger partial charge in [-0.3, -0.25) is 4.79 Å². The lowest BCUT2D eigenvalue weighted by molar-refractivity contribution is 0.0947. The molecular formula is C11H12F2N2OS. The minimum absolute atomic E-state index is 0.183. The number of nitrogens with two attached hydrogens (primary N) is 1. The van der Waals surface area contributed by atoms with Crippen LogP contribution in [0.1, 0.15) is 17.3 Å². The zero-order chi connectivity index (χ0) is 13.0. The molecular weight excluding hydrogens is 246 g/mol. The highest BCUT2D eigenvalue weighted by atomic mass is 32.1. The minimum atomic E-state index is -0.898. The van der Waals surface area contributed by atoms with E-state index in [1.165, 1.54) is 0 Å². The van der Waals surface area contributed by atoms with Crippen molar-refractivity contribution in [3.05, 3.63) is 35.4 Å². The summed E-state index contributed by atoms with van der Waals surface area (Å²) < 4.78 is 25.9. The van der Waals surface area contributed by atoms with Crippen LogP contribution in [-0.2, 0) is 0 Å². The van der Waals surface area contributed by atoms with Crippen molar-refractivity contribution in [2.45, 2.75) is 6.92 Å². The van der Waals surface area contributed by atoms with Crippen LogP contribution < -0.4 is 11.1 Å². The fourth-order valence-corrected chi connectivity index (χ4v) is 1.20. The molecule has 0 aliphatic rings. The van der Waals surface area contributed by atoms with Crippen LogP contribution in [0.15, 0.2) is 18.2 Å². The Morgan fingerprint density at radius 1 is 1.53 bits per heavy atom. The molecule has 1 rings (SSSR count). The van der Waals surface area contributed by atoms with Crippen molar-refractivity contribution in [3.63, 3.8) is 0 Å². The number of amides is 1. The summed E-state index contributed by atoms with van der Waals surface area (Å²) in [5, 5.41) is 2.47. The number of hydrogen-bond acceptors (Lipinski definition) is 2. The molecule has 0 aliphatic heterocycles. The summed E-state index contributed by atoms with van der Waals surface area (Å²) in [5.41, 5.74) is 5.16. The van der Waals surface area contributed by atoms with Crippen LogP contribution in [0.5, 0.6) is 0 Å². The maximum Gasteiger partial charge on any atom is 0.254 e. The first-order valence-corrected chi connectivity index (χ1v) is 5.35. The molecule has 6 heteroatoms. The van der Waals surface area contributed by atoms with Gasteiger partial charge in [0.2, 0.25) is 0 Å². The van der Waals surface area contributed by atoms with Crippen molar-refractivity contribution >= 4 is 23.1 Å². The number of hydrogen-bond donors (Lipinski definition) is 2. The molecule has 0 radical (unpaired) electrons. The number of benzene rings is 1. The largest absolute Gasteiger partial charge is 0.393 e. The maximum absolute atomic E-state index is 13.2. The molecule has 1 aromatic rings. The molecule has 1 unspecified atom stereocenters. The summed E-state index contributed by atoms with van der Waals surface area (Å²) >= 11 is 4.73. The topological polar surface area (TPSA) is 55.1 Å². The SMILES string of the molecule is CC(CNC(=O)c1ccc(F)cc1F)C(N)=S. The highest BCUT2D eigenvalue weighted by Crippen LogP contribution is 2.09. The Morgan fingerprint density at radius 2 is 2.18 bits per heavy atom.